The summed E-state index contributed by atoms with van der Waals surface area (Å²) >= 11 is 0. The van der Waals surface area contributed by atoms with Crippen LogP contribution in [0.4, 0.5) is 4.79 Å². The van der Waals surface area contributed by atoms with E-state index in [9.17, 15) is 14.4 Å². The summed E-state index contributed by atoms with van der Waals surface area (Å²) < 4.78 is 0. The molecule has 0 aromatic carbocycles. The van der Waals surface area contributed by atoms with Gasteiger partial charge in [0.15, 0.2) is 5.78 Å². The smallest absolute Gasteiger partial charge is 0.312 e. The van der Waals surface area contributed by atoms with E-state index in [0.717, 1.165) is 0 Å². The normalized spacial score (nSPS) is 14.6. The van der Waals surface area contributed by atoms with Crippen LogP contribution < -0.4 is 21.7 Å². The Morgan fingerprint density at radius 2 is 1.59 bits per heavy atom. The van der Waals surface area contributed by atoms with Crippen molar-refractivity contribution in [2.45, 2.75) is 92.3 Å². The standard InChI is InChI=1S/C20H40N4O3/c1-9-20(7,8)16(25)14(11-10-12-22-18(21)27)23-17(26)15(13(2)3)24-19(4,5)6/h13-15,24H,9-12H2,1-8H3,(H,23,26)(H3,21,22,27)/t14-,15-/m0/s1. The van der Waals surface area contributed by atoms with Crippen molar-refractivity contribution in [1.29, 1.82) is 0 Å². The number of carbonyl (C=O) groups is 3. The maximum absolute atomic E-state index is 13.0. The Kier molecular flexibility index (Phi) is 10.00. The minimum atomic E-state index is -0.593. The Morgan fingerprint density at radius 3 is 2.00 bits per heavy atom. The average Bonchev–Trinajstić information content (AvgIpc) is 2.53. The number of hydrogen-bond acceptors (Lipinski definition) is 4. The van der Waals surface area contributed by atoms with E-state index < -0.39 is 23.5 Å². The lowest BCUT2D eigenvalue weighted by Crippen LogP contribution is -2.57. The zero-order valence-corrected chi connectivity index (χ0v) is 18.4. The number of nitrogens with two attached hydrogens (primary N) is 1. The van der Waals surface area contributed by atoms with E-state index >= 15 is 0 Å². The van der Waals surface area contributed by atoms with Crippen molar-refractivity contribution >= 4 is 17.7 Å². The molecule has 0 aromatic heterocycles. The molecule has 3 amide bonds. The van der Waals surface area contributed by atoms with Crippen molar-refractivity contribution in [1.82, 2.24) is 16.0 Å². The molecule has 0 aliphatic carbocycles. The summed E-state index contributed by atoms with van der Waals surface area (Å²) in [6.07, 6.45) is 1.69. The largest absolute Gasteiger partial charge is 0.352 e. The molecule has 7 heteroatoms. The van der Waals surface area contributed by atoms with Gasteiger partial charge in [0.05, 0.1) is 12.1 Å². The summed E-state index contributed by atoms with van der Waals surface area (Å²) in [4.78, 5) is 36.7. The maximum atomic E-state index is 13.0. The highest BCUT2D eigenvalue weighted by molar-refractivity contribution is 5.93. The molecule has 0 saturated heterocycles. The summed E-state index contributed by atoms with van der Waals surface area (Å²) in [7, 11) is 0. The average molecular weight is 385 g/mol. The van der Waals surface area contributed by atoms with E-state index in [1.807, 2.05) is 55.4 Å². The van der Waals surface area contributed by atoms with E-state index in [0.29, 0.717) is 25.8 Å². The van der Waals surface area contributed by atoms with Crippen LogP contribution in [0.25, 0.3) is 0 Å². The molecule has 0 aliphatic rings. The summed E-state index contributed by atoms with van der Waals surface area (Å²) in [5.41, 5.74) is 4.33. The third kappa shape index (κ3) is 9.75. The summed E-state index contributed by atoms with van der Waals surface area (Å²) in [5, 5.41) is 8.81. The molecule has 0 saturated carbocycles. The van der Waals surface area contributed by atoms with Crippen LogP contribution in [0.1, 0.15) is 74.7 Å². The summed E-state index contributed by atoms with van der Waals surface area (Å²) in [6, 6.07) is -1.58. The van der Waals surface area contributed by atoms with Crippen LogP contribution in [-0.2, 0) is 9.59 Å². The molecular formula is C20H40N4O3. The molecule has 0 radical (unpaired) electrons. The topological polar surface area (TPSA) is 113 Å². The fraction of sp³-hybridized carbons (Fsp3) is 0.850. The first-order valence-electron chi connectivity index (χ1n) is 9.87. The lowest BCUT2D eigenvalue weighted by atomic mass is 9.80. The van der Waals surface area contributed by atoms with Gasteiger partial charge in [-0.2, -0.15) is 0 Å². The highest BCUT2D eigenvalue weighted by Crippen LogP contribution is 2.24. The van der Waals surface area contributed by atoms with E-state index in [1.165, 1.54) is 0 Å². The molecule has 0 fully saturated rings. The van der Waals surface area contributed by atoms with Crippen LogP contribution in [0, 0.1) is 11.3 Å². The van der Waals surface area contributed by atoms with E-state index in [1.54, 1.807) is 0 Å². The molecule has 0 aromatic rings. The molecule has 158 valence electrons. The number of nitrogens with one attached hydrogen (secondary N) is 3. The van der Waals surface area contributed by atoms with Gasteiger partial charge in [-0.05, 0) is 46.0 Å². The van der Waals surface area contributed by atoms with Gasteiger partial charge in [-0.25, -0.2) is 4.79 Å². The van der Waals surface area contributed by atoms with Gasteiger partial charge in [0, 0.05) is 17.5 Å². The van der Waals surface area contributed by atoms with Crippen molar-refractivity contribution < 1.29 is 14.4 Å². The van der Waals surface area contributed by atoms with Crippen LogP contribution in [0.5, 0.6) is 0 Å². The minimum Gasteiger partial charge on any atom is -0.352 e. The van der Waals surface area contributed by atoms with Crippen LogP contribution in [-0.4, -0.2) is 41.9 Å². The predicted octanol–water partition coefficient (Wildman–Crippen LogP) is 2.34. The van der Waals surface area contributed by atoms with Gasteiger partial charge in [-0.15, -0.1) is 0 Å². The number of amides is 3. The minimum absolute atomic E-state index is 0.00990. The van der Waals surface area contributed by atoms with Gasteiger partial charge in [0.1, 0.15) is 0 Å². The number of Topliss-reactive ketones (excluding diaryl/α,β-unsaturated/α-hetero) is 1. The van der Waals surface area contributed by atoms with E-state index in [-0.39, 0.29) is 23.1 Å². The Hall–Kier alpha value is -1.63. The highest BCUT2D eigenvalue weighted by atomic mass is 16.2. The van der Waals surface area contributed by atoms with Crippen molar-refractivity contribution in [2.24, 2.45) is 17.1 Å². The molecule has 5 N–H and O–H groups in total. The van der Waals surface area contributed by atoms with E-state index in [2.05, 4.69) is 16.0 Å². The molecule has 0 bridgehead atoms. The Morgan fingerprint density at radius 1 is 1.04 bits per heavy atom. The summed E-state index contributed by atoms with van der Waals surface area (Å²) in [5.74, 6) is -0.0839. The maximum Gasteiger partial charge on any atom is 0.312 e. The van der Waals surface area contributed by atoms with Crippen LogP contribution in [0.3, 0.4) is 0 Å². The quantitative estimate of drug-likeness (QED) is 0.409. The SMILES string of the molecule is CCC(C)(C)C(=O)[C@H](CCCNC(N)=O)NC(=O)[C@@H](NC(C)(C)C)C(C)C. The van der Waals surface area contributed by atoms with Gasteiger partial charge < -0.3 is 21.7 Å². The number of hydrogen-bond donors (Lipinski definition) is 4. The fourth-order valence-corrected chi connectivity index (χ4v) is 2.70. The first-order valence-corrected chi connectivity index (χ1v) is 9.87. The second-order valence-electron chi connectivity index (χ2n) is 9.21. The zero-order chi connectivity index (χ0) is 21.4. The number of urea groups is 1. The Bertz CT molecular complexity index is 510. The fourth-order valence-electron chi connectivity index (χ4n) is 2.70. The van der Waals surface area contributed by atoms with Crippen molar-refractivity contribution in [2.75, 3.05) is 6.54 Å². The first-order chi connectivity index (χ1) is 12.2. The molecule has 27 heavy (non-hydrogen) atoms. The van der Waals surface area contributed by atoms with Gasteiger partial charge in [0.2, 0.25) is 5.91 Å². The molecule has 0 spiro atoms. The van der Waals surface area contributed by atoms with Crippen molar-refractivity contribution in [3.63, 3.8) is 0 Å². The molecule has 2 atom stereocenters. The van der Waals surface area contributed by atoms with E-state index in [4.69, 9.17) is 5.73 Å². The Balaban J connectivity index is 5.26. The van der Waals surface area contributed by atoms with Gasteiger partial charge in [-0.1, -0.05) is 34.6 Å². The number of ketones is 1. The molecule has 0 aliphatic heterocycles. The number of carbonyl (C=O) groups excluding carboxylic acids is 3. The lowest BCUT2D eigenvalue weighted by Gasteiger charge is -2.33. The molecule has 7 nitrogen and oxygen atoms in total. The second kappa shape index (κ2) is 10.6. The Labute approximate surface area is 164 Å². The predicted molar refractivity (Wildman–Crippen MR) is 109 cm³/mol. The first kappa shape index (κ1) is 25.4. The molecule has 0 unspecified atom stereocenters. The third-order valence-electron chi connectivity index (χ3n) is 4.69. The van der Waals surface area contributed by atoms with Gasteiger partial charge in [-0.3, -0.25) is 9.59 Å². The number of primary amides is 1. The van der Waals surface area contributed by atoms with Crippen LogP contribution in [0.15, 0.2) is 0 Å². The van der Waals surface area contributed by atoms with Crippen molar-refractivity contribution in [3.8, 4) is 0 Å². The highest BCUT2D eigenvalue weighted by Gasteiger charge is 2.35. The van der Waals surface area contributed by atoms with Gasteiger partial charge in [0.25, 0.3) is 0 Å². The zero-order valence-electron chi connectivity index (χ0n) is 18.4. The van der Waals surface area contributed by atoms with Gasteiger partial charge >= 0.3 is 6.03 Å². The second-order valence-corrected chi connectivity index (χ2v) is 9.21. The molecular weight excluding hydrogens is 344 g/mol. The monoisotopic (exact) mass is 384 g/mol. The van der Waals surface area contributed by atoms with Crippen LogP contribution in [0.2, 0.25) is 0 Å². The summed E-state index contributed by atoms with van der Waals surface area (Å²) in [6.45, 7) is 16.1. The number of rotatable bonds is 11. The van der Waals surface area contributed by atoms with Crippen LogP contribution >= 0.6 is 0 Å². The van der Waals surface area contributed by atoms with Crippen molar-refractivity contribution in [3.05, 3.63) is 0 Å². The molecule has 0 rings (SSSR count). The molecule has 0 heterocycles. The third-order valence-corrected chi connectivity index (χ3v) is 4.69. The lowest BCUT2D eigenvalue weighted by molar-refractivity contribution is -0.134.